The number of hydrogen-bond donors (Lipinski definition) is 0. The second-order valence-corrected chi connectivity index (χ2v) is 3.29. The zero-order chi connectivity index (χ0) is 17.0. The normalized spacial score (nSPS) is 15.7. The van der Waals surface area contributed by atoms with E-state index in [1.54, 1.807) is 0 Å². The first-order chi connectivity index (χ1) is 8.25. The Hall–Kier alpha value is 0.656. The van der Waals surface area contributed by atoms with Crippen molar-refractivity contribution < 1.29 is 61.5 Å². The summed E-state index contributed by atoms with van der Waals surface area (Å²) in [5.41, 5.74) is 0. The Morgan fingerprint density at radius 3 is 0.524 bits per heavy atom. The Kier molecular flexibility index (Phi) is 6.76. The predicted molar refractivity (Wildman–Crippen MR) is 39.0 cm³/mol. The van der Waals surface area contributed by atoms with Gasteiger partial charge < -0.3 is 0 Å². The molecule has 0 aliphatic carbocycles. The number of alkyl halides is 14. The van der Waals surface area contributed by atoms with E-state index in [9.17, 15) is 61.5 Å². The van der Waals surface area contributed by atoms with E-state index in [2.05, 4.69) is 0 Å². The second-order valence-electron chi connectivity index (χ2n) is 3.29. The molecule has 124 valence electrons. The molecule has 0 bridgehead atoms. The van der Waals surface area contributed by atoms with Gasteiger partial charge in [0.25, 0.3) is 0 Å². The van der Waals surface area contributed by atoms with Crippen molar-refractivity contribution in [3.63, 3.8) is 0 Å². The van der Waals surface area contributed by atoms with Crippen LogP contribution in [0, 0.1) is 0 Å². The molecular formula is C6HF14K. The fraction of sp³-hybridized carbons (Fsp3) is 1.00. The van der Waals surface area contributed by atoms with Crippen LogP contribution in [-0.4, -0.2) is 87.4 Å². The fourth-order valence-corrected chi connectivity index (χ4v) is 0.750. The van der Waals surface area contributed by atoms with Crippen molar-refractivity contribution in [2.45, 2.75) is 36.0 Å². The third-order valence-electron chi connectivity index (χ3n) is 1.90. The molecule has 0 aromatic carbocycles. The average molecular weight is 378 g/mol. The van der Waals surface area contributed by atoms with Gasteiger partial charge in [-0.1, -0.05) is 0 Å². The first-order valence-corrected chi connectivity index (χ1v) is 3.90. The molecule has 0 saturated heterocycles. The van der Waals surface area contributed by atoms with Crippen molar-refractivity contribution in [2.75, 3.05) is 0 Å². The van der Waals surface area contributed by atoms with E-state index in [0.717, 1.165) is 0 Å². The van der Waals surface area contributed by atoms with E-state index < -0.39 is 36.0 Å². The molecule has 0 fully saturated rings. The third-order valence-corrected chi connectivity index (χ3v) is 1.90. The predicted octanol–water partition coefficient (Wildman–Crippen LogP) is 4.00. The molecule has 21 heavy (non-hydrogen) atoms. The first-order valence-electron chi connectivity index (χ1n) is 3.90. The molecule has 15 heteroatoms. The summed E-state index contributed by atoms with van der Waals surface area (Å²) >= 11 is 0. The van der Waals surface area contributed by atoms with Crippen LogP contribution in [0.1, 0.15) is 0 Å². The van der Waals surface area contributed by atoms with Gasteiger partial charge in [-0.2, -0.15) is 61.5 Å². The van der Waals surface area contributed by atoms with Crippen molar-refractivity contribution in [3.8, 4) is 0 Å². The van der Waals surface area contributed by atoms with Gasteiger partial charge in [0, 0.05) is 0 Å². The zero-order valence-electron chi connectivity index (χ0n) is 8.29. The van der Waals surface area contributed by atoms with Crippen LogP contribution in [-0.2, 0) is 0 Å². The molecule has 0 aliphatic heterocycles. The van der Waals surface area contributed by atoms with Crippen LogP contribution in [0.4, 0.5) is 61.5 Å². The third kappa shape index (κ3) is 3.45. The Bertz CT molecular complexity index is 325. The van der Waals surface area contributed by atoms with Gasteiger partial charge in [-0.25, -0.2) is 0 Å². The van der Waals surface area contributed by atoms with Gasteiger partial charge in [0.1, 0.15) is 0 Å². The summed E-state index contributed by atoms with van der Waals surface area (Å²) in [4.78, 5) is 0. The van der Waals surface area contributed by atoms with Crippen LogP contribution in [0.3, 0.4) is 0 Å². The van der Waals surface area contributed by atoms with E-state index in [4.69, 9.17) is 0 Å². The summed E-state index contributed by atoms with van der Waals surface area (Å²) in [7, 11) is 0. The maximum atomic E-state index is 12.3. The molecule has 0 radical (unpaired) electrons. The Labute approximate surface area is 148 Å². The molecule has 0 aliphatic rings. The monoisotopic (exact) mass is 378 g/mol. The topological polar surface area (TPSA) is 0 Å². The standard InChI is InChI=1S/C6F14.K.H/c7-1(8,3(11,12)5(15,16)17)2(9,10)4(13,14)6(18,19)20;;. The van der Waals surface area contributed by atoms with Gasteiger partial charge in [-0.05, 0) is 0 Å². The quantitative estimate of drug-likeness (QED) is 0.515. The summed E-state index contributed by atoms with van der Waals surface area (Å²) in [6, 6.07) is 0. The van der Waals surface area contributed by atoms with Gasteiger partial charge >= 0.3 is 87.4 Å². The summed E-state index contributed by atoms with van der Waals surface area (Å²) in [5, 5.41) is 0. The molecule has 0 spiro atoms. The molecule has 0 aromatic heterocycles. The first kappa shape index (κ1) is 23.9. The van der Waals surface area contributed by atoms with E-state index in [0.29, 0.717) is 0 Å². The van der Waals surface area contributed by atoms with Gasteiger partial charge in [-0.15, -0.1) is 0 Å². The van der Waals surface area contributed by atoms with Crippen molar-refractivity contribution in [2.24, 2.45) is 0 Å². The van der Waals surface area contributed by atoms with Crippen LogP contribution in [0.5, 0.6) is 0 Å². The van der Waals surface area contributed by atoms with Gasteiger partial charge in [0.15, 0.2) is 0 Å². The minimum absolute atomic E-state index is 0. The molecule has 0 amide bonds. The summed E-state index contributed by atoms with van der Waals surface area (Å²) < 4.78 is 166. The molecule has 0 heterocycles. The molecule has 0 nitrogen and oxygen atoms in total. The van der Waals surface area contributed by atoms with E-state index in [-0.39, 0.29) is 51.4 Å². The van der Waals surface area contributed by atoms with Crippen LogP contribution >= 0.6 is 0 Å². The average Bonchev–Trinajstić information content (AvgIpc) is 2.12. The van der Waals surface area contributed by atoms with Crippen LogP contribution in [0.15, 0.2) is 0 Å². The fourth-order valence-electron chi connectivity index (χ4n) is 0.750. The molecule has 0 N–H and O–H groups in total. The Morgan fingerprint density at radius 1 is 0.286 bits per heavy atom. The molecule has 0 saturated carbocycles. The number of halogens is 14. The minimum atomic E-state index is -8.04. The SMILES string of the molecule is FC(F)(F)C(F)(F)C(F)(F)C(F)(F)C(F)(F)C(F)(F)F.[KH]. The maximum absolute atomic E-state index is 12.3. The molecule has 0 rings (SSSR count). The van der Waals surface area contributed by atoms with Crippen LogP contribution in [0.2, 0.25) is 0 Å². The second kappa shape index (κ2) is 5.94. The molecule has 0 unspecified atom stereocenters. The molecular weight excluding hydrogens is 377 g/mol. The van der Waals surface area contributed by atoms with Crippen molar-refractivity contribution in [1.82, 2.24) is 0 Å². The summed E-state index contributed by atoms with van der Waals surface area (Å²) in [6.45, 7) is 0. The number of hydrogen-bond acceptors (Lipinski definition) is 0. The van der Waals surface area contributed by atoms with Crippen molar-refractivity contribution in [3.05, 3.63) is 0 Å². The van der Waals surface area contributed by atoms with E-state index >= 15 is 0 Å². The van der Waals surface area contributed by atoms with Gasteiger partial charge in [-0.3, -0.25) is 0 Å². The summed E-state index contributed by atoms with van der Waals surface area (Å²) in [6.07, 6.45) is -15.0. The van der Waals surface area contributed by atoms with Gasteiger partial charge in [0.2, 0.25) is 0 Å². The van der Waals surface area contributed by atoms with E-state index in [1.165, 1.54) is 0 Å². The van der Waals surface area contributed by atoms with Crippen molar-refractivity contribution >= 4 is 51.4 Å². The zero-order valence-corrected chi connectivity index (χ0v) is 8.29. The van der Waals surface area contributed by atoms with E-state index in [1.807, 2.05) is 0 Å². The van der Waals surface area contributed by atoms with Crippen LogP contribution < -0.4 is 0 Å². The molecule has 0 atom stereocenters. The molecule has 0 aromatic rings. The summed E-state index contributed by atoms with van der Waals surface area (Å²) in [5.74, 6) is -31.7. The van der Waals surface area contributed by atoms with Crippen LogP contribution in [0.25, 0.3) is 0 Å². The Morgan fingerprint density at radius 2 is 0.429 bits per heavy atom. The number of rotatable bonds is 3. The Balaban J connectivity index is 0. The van der Waals surface area contributed by atoms with Gasteiger partial charge in [0.05, 0.1) is 0 Å². The van der Waals surface area contributed by atoms with Crippen molar-refractivity contribution in [1.29, 1.82) is 0 Å².